The van der Waals surface area contributed by atoms with Crippen LogP contribution in [0.3, 0.4) is 0 Å². The molecule has 1 aromatic heterocycles. The van der Waals surface area contributed by atoms with Crippen molar-refractivity contribution < 1.29 is 9.59 Å². The molecular formula is C23H25ClN6O2S. The minimum Gasteiger partial charge on any atom is -0.341 e. The molecule has 10 heteroatoms. The number of hydrogen-bond donors (Lipinski definition) is 2. The molecule has 33 heavy (non-hydrogen) atoms. The Kier molecular flexibility index (Phi) is 7.51. The van der Waals surface area contributed by atoms with Crippen molar-refractivity contribution in [2.75, 3.05) is 18.0 Å². The molecule has 4 rings (SSSR count). The van der Waals surface area contributed by atoms with Gasteiger partial charge in [0.2, 0.25) is 11.9 Å². The van der Waals surface area contributed by atoms with Gasteiger partial charge in [-0.1, -0.05) is 59.8 Å². The van der Waals surface area contributed by atoms with Crippen molar-refractivity contribution in [3.05, 3.63) is 65.2 Å². The van der Waals surface area contributed by atoms with Gasteiger partial charge in [-0.25, -0.2) is 4.79 Å². The minimum absolute atomic E-state index is 0.337. The zero-order chi connectivity index (χ0) is 23.2. The van der Waals surface area contributed by atoms with Crippen LogP contribution < -0.4 is 15.5 Å². The van der Waals surface area contributed by atoms with Gasteiger partial charge in [-0.05, 0) is 43.5 Å². The van der Waals surface area contributed by atoms with Crippen molar-refractivity contribution in [2.24, 2.45) is 0 Å². The summed E-state index contributed by atoms with van der Waals surface area (Å²) in [7, 11) is 0. The van der Waals surface area contributed by atoms with Gasteiger partial charge in [0.25, 0.3) is 0 Å². The number of benzene rings is 2. The van der Waals surface area contributed by atoms with Crippen LogP contribution in [0, 0.1) is 0 Å². The smallest absolute Gasteiger partial charge is 0.321 e. The summed E-state index contributed by atoms with van der Waals surface area (Å²) in [5.41, 5.74) is 1.77. The van der Waals surface area contributed by atoms with Crippen LogP contribution in [0.1, 0.15) is 25.3 Å². The Hall–Kier alpha value is -3.04. The molecule has 1 saturated heterocycles. The molecule has 1 atom stereocenters. The lowest BCUT2D eigenvalue weighted by atomic mass is 10.2. The first-order valence-electron chi connectivity index (χ1n) is 10.8. The number of halogens is 1. The average Bonchev–Trinajstić information content (AvgIpc) is 3.48. The first-order chi connectivity index (χ1) is 16.0. The maximum Gasteiger partial charge on any atom is 0.321 e. The number of imide groups is 1. The average molecular weight is 485 g/mol. The molecule has 1 unspecified atom stereocenters. The van der Waals surface area contributed by atoms with Gasteiger partial charge in [-0.15, -0.1) is 10.2 Å². The van der Waals surface area contributed by atoms with E-state index in [9.17, 15) is 9.59 Å². The van der Waals surface area contributed by atoms with E-state index in [1.54, 1.807) is 6.92 Å². The molecular weight excluding hydrogens is 460 g/mol. The zero-order valence-electron chi connectivity index (χ0n) is 18.2. The second-order valence-electron chi connectivity index (χ2n) is 7.71. The number of urea groups is 1. The highest BCUT2D eigenvalue weighted by Crippen LogP contribution is 2.31. The summed E-state index contributed by atoms with van der Waals surface area (Å²) in [4.78, 5) is 27.0. The molecule has 3 aromatic rings. The molecule has 2 N–H and O–H groups in total. The second-order valence-corrected chi connectivity index (χ2v) is 9.45. The summed E-state index contributed by atoms with van der Waals surface area (Å²) < 4.78 is 1.92. The van der Waals surface area contributed by atoms with Crippen molar-refractivity contribution in [1.82, 2.24) is 25.4 Å². The molecule has 0 spiro atoms. The van der Waals surface area contributed by atoms with E-state index in [1.807, 2.05) is 59.2 Å². The number of hydrogen-bond acceptors (Lipinski definition) is 6. The van der Waals surface area contributed by atoms with Gasteiger partial charge in [0, 0.05) is 24.7 Å². The van der Waals surface area contributed by atoms with Gasteiger partial charge in [-0.3, -0.25) is 14.7 Å². The molecule has 0 bridgehead atoms. The summed E-state index contributed by atoms with van der Waals surface area (Å²) in [5.74, 6) is 0.319. The molecule has 0 radical (unpaired) electrons. The third-order valence-corrected chi connectivity index (χ3v) is 6.53. The Morgan fingerprint density at radius 1 is 1.09 bits per heavy atom. The molecule has 2 aromatic carbocycles. The number of anilines is 1. The topological polar surface area (TPSA) is 92.2 Å². The molecule has 0 aliphatic carbocycles. The molecule has 1 aliphatic rings. The molecule has 1 fully saturated rings. The van der Waals surface area contributed by atoms with E-state index in [4.69, 9.17) is 11.6 Å². The maximum absolute atomic E-state index is 12.7. The summed E-state index contributed by atoms with van der Waals surface area (Å²) in [5, 5.41) is 14.5. The van der Waals surface area contributed by atoms with Gasteiger partial charge < -0.3 is 10.2 Å². The van der Waals surface area contributed by atoms with Crippen LogP contribution >= 0.6 is 23.4 Å². The van der Waals surface area contributed by atoms with Crippen LogP contribution in [0.4, 0.5) is 10.7 Å². The Bertz CT molecular complexity index is 1120. The zero-order valence-corrected chi connectivity index (χ0v) is 19.8. The first-order valence-corrected chi connectivity index (χ1v) is 12.0. The fourth-order valence-electron chi connectivity index (χ4n) is 3.55. The third-order valence-electron chi connectivity index (χ3n) is 5.26. The first kappa shape index (κ1) is 23.1. The number of rotatable bonds is 7. The van der Waals surface area contributed by atoms with Crippen LogP contribution in [-0.4, -0.2) is 45.0 Å². The van der Waals surface area contributed by atoms with E-state index in [0.717, 1.165) is 43.1 Å². The van der Waals surface area contributed by atoms with Crippen molar-refractivity contribution >= 4 is 41.2 Å². The summed E-state index contributed by atoms with van der Waals surface area (Å²) in [6, 6.07) is 16.4. The number of nitrogens with zero attached hydrogens (tertiary/aromatic N) is 4. The van der Waals surface area contributed by atoms with Crippen LogP contribution in [-0.2, 0) is 11.3 Å². The summed E-state index contributed by atoms with van der Waals surface area (Å²) in [6.45, 7) is 3.88. The molecule has 8 nitrogen and oxygen atoms in total. The maximum atomic E-state index is 12.7. The Morgan fingerprint density at radius 3 is 2.58 bits per heavy atom. The van der Waals surface area contributed by atoms with Gasteiger partial charge in [-0.2, -0.15) is 0 Å². The predicted octanol–water partition coefficient (Wildman–Crippen LogP) is 4.03. The van der Waals surface area contributed by atoms with Crippen LogP contribution in [0.5, 0.6) is 0 Å². The van der Waals surface area contributed by atoms with E-state index in [-0.39, 0.29) is 0 Å². The fraction of sp³-hybridized carbons (Fsp3) is 0.304. The number of amides is 3. The quantitative estimate of drug-likeness (QED) is 0.492. The standard InChI is InChI=1S/C23H25ClN6O2S/c1-16(20(31)26-21(32)25-15-17-8-3-2-4-9-17)33-23-28-27-22(29-12-5-6-13-29)30(23)19-11-7-10-18(24)14-19/h2-4,7-11,14,16H,5-6,12-13,15H2,1H3,(H2,25,26,31,32). The highest BCUT2D eigenvalue weighted by molar-refractivity contribution is 8.00. The van der Waals surface area contributed by atoms with E-state index < -0.39 is 17.2 Å². The van der Waals surface area contributed by atoms with Crippen molar-refractivity contribution in [1.29, 1.82) is 0 Å². The molecule has 2 heterocycles. The highest BCUT2D eigenvalue weighted by atomic mass is 35.5. The van der Waals surface area contributed by atoms with Crippen LogP contribution in [0.2, 0.25) is 5.02 Å². The van der Waals surface area contributed by atoms with Crippen LogP contribution in [0.15, 0.2) is 59.8 Å². The number of nitrogens with one attached hydrogen (secondary N) is 2. The van der Waals surface area contributed by atoms with Gasteiger partial charge >= 0.3 is 6.03 Å². The third kappa shape index (κ3) is 5.85. The normalized spacial score (nSPS) is 14.2. The largest absolute Gasteiger partial charge is 0.341 e. The van der Waals surface area contributed by atoms with Gasteiger partial charge in [0.1, 0.15) is 0 Å². The Morgan fingerprint density at radius 2 is 1.85 bits per heavy atom. The summed E-state index contributed by atoms with van der Waals surface area (Å²) in [6.07, 6.45) is 2.20. The van der Waals surface area contributed by atoms with E-state index >= 15 is 0 Å². The number of carbonyl (C=O) groups is 2. The highest BCUT2D eigenvalue weighted by Gasteiger charge is 2.26. The van der Waals surface area contributed by atoms with Crippen molar-refractivity contribution in [3.63, 3.8) is 0 Å². The number of aromatic nitrogens is 3. The monoisotopic (exact) mass is 484 g/mol. The lowest BCUT2D eigenvalue weighted by Crippen LogP contribution is -2.42. The molecule has 0 saturated carbocycles. The predicted molar refractivity (Wildman–Crippen MR) is 130 cm³/mol. The Balaban J connectivity index is 1.45. The number of thioether (sulfide) groups is 1. The molecule has 172 valence electrons. The van der Waals surface area contributed by atoms with Gasteiger partial charge in [0.15, 0.2) is 5.16 Å². The minimum atomic E-state index is -0.568. The second kappa shape index (κ2) is 10.7. The lowest BCUT2D eigenvalue weighted by molar-refractivity contribution is -0.119. The van der Waals surface area contributed by atoms with Crippen LogP contribution in [0.25, 0.3) is 5.69 Å². The van der Waals surface area contributed by atoms with Crippen molar-refractivity contribution in [3.8, 4) is 5.69 Å². The van der Waals surface area contributed by atoms with E-state index in [2.05, 4.69) is 25.7 Å². The number of carbonyl (C=O) groups excluding carboxylic acids is 2. The van der Waals surface area contributed by atoms with Gasteiger partial charge in [0.05, 0.1) is 10.9 Å². The SMILES string of the molecule is CC(Sc1nnc(N2CCCC2)n1-c1cccc(Cl)c1)C(=O)NC(=O)NCc1ccccc1. The van der Waals surface area contributed by atoms with E-state index in [0.29, 0.717) is 16.7 Å². The lowest BCUT2D eigenvalue weighted by Gasteiger charge is -2.19. The molecule has 3 amide bonds. The van der Waals surface area contributed by atoms with E-state index in [1.165, 1.54) is 11.8 Å². The summed E-state index contributed by atoms with van der Waals surface area (Å²) >= 11 is 7.47. The fourth-order valence-corrected chi connectivity index (χ4v) is 4.60. The molecule has 1 aliphatic heterocycles. The van der Waals surface area contributed by atoms with Crippen molar-refractivity contribution in [2.45, 2.75) is 36.7 Å². The Labute approximate surface area is 201 Å².